The second-order valence-electron chi connectivity index (χ2n) is 5.86. The van der Waals surface area contributed by atoms with E-state index >= 15 is 0 Å². The first-order chi connectivity index (χ1) is 9.85. The number of hydrogen-bond acceptors (Lipinski definition) is 5. The second-order valence-corrected chi connectivity index (χ2v) is 5.86. The van der Waals surface area contributed by atoms with Crippen LogP contribution >= 0.6 is 0 Å². The molecular weight excluding hydrogens is 272 g/mol. The maximum atomic E-state index is 11.4. The maximum absolute atomic E-state index is 11.4. The Labute approximate surface area is 127 Å². The molecule has 0 aliphatic carbocycles. The minimum absolute atomic E-state index is 0.0685. The molecular formula is C15H30N2O4. The van der Waals surface area contributed by atoms with E-state index < -0.39 is 5.60 Å². The van der Waals surface area contributed by atoms with Crippen LogP contribution in [-0.4, -0.2) is 50.8 Å². The Morgan fingerprint density at radius 2 is 1.71 bits per heavy atom. The lowest BCUT2D eigenvalue weighted by molar-refractivity contribution is -0.156. The van der Waals surface area contributed by atoms with Crippen LogP contribution in [0.4, 0.5) is 0 Å². The summed E-state index contributed by atoms with van der Waals surface area (Å²) in [7, 11) is 1.87. The molecule has 0 radical (unpaired) electrons. The average molecular weight is 302 g/mol. The molecule has 0 saturated carbocycles. The van der Waals surface area contributed by atoms with Gasteiger partial charge in [-0.25, -0.2) is 0 Å². The monoisotopic (exact) mass is 302 g/mol. The molecule has 6 heteroatoms. The molecule has 0 spiro atoms. The lowest BCUT2D eigenvalue weighted by Gasteiger charge is -2.19. The largest absolute Gasteiger partial charge is 0.460 e. The van der Waals surface area contributed by atoms with Gasteiger partial charge in [-0.3, -0.25) is 9.59 Å². The van der Waals surface area contributed by atoms with Crippen LogP contribution in [0.1, 0.15) is 46.5 Å². The van der Waals surface area contributed by atoms with Crippen molar-refractivity contribution in [3.63, 3.8) is 0 Å². The summed E-state index contributed by atoms with van der Waals surface area (Å²) >= 11 is 0. The van der Waals surface area contributed by atoms with Crippen LogP contribution in [0.25, 0.3) is 0 Å². The highest BCUT2D eigenvalue weighted by Gasteiger charge is 2.15. The number of esters is 1. The van der Waals surface area contributed by atoms with Crippen molar-refractivity contribution in [1.82, 2.24) is 10.6 Å². The third-order valence-electron chi connectivity index (χ3n) is 2.49. The van der Waals surface area contributed by atoms with Gasteiger partial charge in [0.2, 0.25) is 5.91 Å². The number of hydrogen-bond donors (Lipinski definition) is 2. The summed E-state index contributed by atoms with van der Waals surface area (Å²) in [4.78, 5) is 22.8. The molecule has 0 aliphatic heterocycles. The van der Waals surface area contributed by atoms with E-state index in [-0.39, 0.29) is 18.3 Å². The van der Waals surface area contributed by atoms with Crippen molar-refractivity contribution in [2.24, 2.45) is 0 Å². The Hall–Kier alpha value is -1.14. The molecule has 0 aliphatic rings. The van der Waals surface area contributed by atoms with Gasteiger partial charge < -0.3 is 20.1 Å². The van der Waals surface area contributed by atoms with Gasteiger partial charge in [0.15, 0.2) is 0 Å². The van der Waals surface area contributed by atoms with Crippen LogP contribution in [0, 0.1) is 0 Å². The molecule has 0 fully saturated rings. The Kier molecular flexibility index (Phi) is 10.9. The van der Waals surface area contributed by atoms with Crippen LogP contribution in [0.3, 0.4) is 0 Å². The molecule has 0 atom stereocenters. The molecule has 0 aromatic rings. The lowest BCUT2D eigenvalue weighted by atomic mass is 10.2. The Morgan fingerprint density at radius 1 is 1.00 bits per heavy atom. The molecule has 0 heterocycles. The number of rotatable bonds is 11. The lowest BCUT2D eigenvalue weighted by Crippen LogP contribution is -2.26. The molecule has 6 nitrogen and oxygen atoms in total. The number of nitrogens with one attached hydrogen (secondary N) is 2. The normalized spacial score (nSPS) is 11.2. The van der Waals surface area contributed by atoms with Crippen LogP contribution < -0.4 is 10.6 Å². The third kappa shape index (κ3) is 15.1. The van der Waals surface area contributed by atoms with E-state index in [0.29, 0.717) is 26.2 Å². The smallest absolute Gasteiger partial charge is 0.308 e. The van der Waals surface area contributed by atoms with E-state index in [4.69, 9.17) is 9.47 Å². The van der Waals surface area contributed by atoms with Crippen molar-refractivity contribution in [2.75, 3.05) is 33.4 Å². The van der Waals surface area contributed by atoms with E-state index in [0.717, 1.165) is 19.4 Å². The molecule has 124 valence electrons. The number of carbonyl (C=O) groups excluding carboxylic acids is 2. The highest BCUT2D eigenvalue weighted by molar-refractivity contribution is 5.75. The van der Waals surface area contributed by atoms with Crippen molar-refractivity contribution in [3.8, 4) is 0 Å². The van der Waals surface area contributed by atoms with Crippen LogP contribution in [-0.2, 0) is 19.1 Å². The summed E-state index contributed by atoms with van der Waals surface area (Å²) in [6, 6.07) is 0. The molecule has 0 bridgehead atoms. The van der Waals surface area contributed by atoms with Crippen molar-refractivity contribution in [3.05, 3.63) is 0 Å². The van der Waals surface area contributed by atoms with Crippen LogP contribution in [0.5, 0.6) is 0 Å². The fourth-order valence-corrected chi connectivity index (χ4v) is 1.57. The predicted octanol–water partition coefficient (Wildman–Crippen LogP) is 1.24. The Morgan fingerprint density at radius 3 is 2.33 bits per heavy atom. The van der Waals surface area contributed by atoms with Gasteiger partial charge in [-0.05, 0) is 47.2 Å². The van der Waals surface area contributed by atoms with Gasteiger partial charge in [-0.2, -0.15) is 0 Å². The first-order valence-electron chi connectivity index (χ1n) is 7.56. The van der Waals surface area contributed by atoms with Gasteiger partial charge in [0.1, 0.15) is 5.60 Å². The fraction of sp³-hybridized carbons (Fsp3) is 0.867. The van der Waals surface area contributed by atoms with Crippen molar-refractivity contribution in [2.45, 2.75) is 52.1 Å². The zero-order valence-corrected chi connectivity index (χ0v) is 13.8. The zero-order chi connectivity index (χ0) is 16.1. The van der Waals surface area contributed by atoms with Gasteiger partial charge in [-0.15, -0.1) is 0 Å². The van der Waals surface area contributed by atoms with E-state index in [2.05, 4.69) is 10.6 Å². The van der Waals surface area contributed by atoms with Gasteiger partial charge in [0.05, 0.1) is 13.0 Å². The van der Waals surface area contributed by atoms with Crippen molar-refractivity contribution >= 4 is 11.9 Å². The second kappa shape index (κ2) is 11.5. The first kappa shape index (κ1) is 19.9. The molecule has 2 N–H and O–H groups in total. The van der Waals surface area contributed by atoms with Gasteiger partial charge >= 0.3 is 5.97 Å². The van der Waals surface area contributed by atoms with E-state index in [1.807, 2.05) is 27.8 Å². The average Bonchev–Trinajstić information content (AvgIpc) is 2.35. The number of ether oxygens (including phenoxy) is 2. The summed E-state index contributed by atoms with van der Waals surface area (Å²) < 4.78 is 10.5. The number of carbonyl (C=O) groups is 2. The summed E-state index contributed by atoms with van der Waals surface area (Å²) in [5, 5.41) is 5.83. The zero-order valence-electron chi connectivity index (χ0n) is 13.8. The SMILES string of the molecule is CNCCCC(=O)NCCCOCCC(=O)OC(C)(C)C. The van der Waals surface area contributed by atoms with E-state index in [1.165, 1.54) is 0 Å². The molecule has 0 aromatic carbocycles. The third-order valence-corrected chi connectivity index (χ3v) is 2.49. The standard InChI is InChI=1S/C15H30N2O4/c1-15(2,3)21-14(19)8-12-20-11-6-10-17-13(18)7-5-9-16-4/h16H,5-12H2,1-4H3,(H,17,18). The first-order valence-corrected chi connectivity index (χ1v) is 7.56. The minimum atomic E-state index is -0.450. The van der Waals surface area contributed by atoms with Gasteiger partial charge in [0.25, 0.3) is 0 Å². The van der Waals surface area contributed by atoms with Crippen LogP contribution in [0.2, 0.25) is 0 Å². The van der Waals surface area contributed by atoms with Gasteiger partial charge in [0, 0.05) is 19.6 Å². The molecule has 0 rings (SSSR count). The summed E-state index contributed by atoms with van der Waals surface area (Å²) in [5.41, 5.74) is -0.450. The predicted molar refractivity (Wildman–Crippen MR) is 82.1 cm³/mol. The molecule has 0 saturated heterocycles. The van der Waals surface area contributed by atoms with E-state index in [9.17, 15) is 9.59 Å². The van der Waals surface area contributed by atoms with Crippen LogP contribution in [0.15, 0.2) is 0 Å². The molecule has 0 aromatic heterocycles. The fourth-order valence-electron chi connectivity index (χ4n) is 1.57. The highest BCUT2D eigenvalue weighted by atomic mass is 16.6. The highest BCUT2D eigenvalue weighted by Crippen LogP contribution is 2.08. The van der Waals surface area contributed by atoms with Crippen molar-refractivity contribution < 1.29 is 19.1 Å². The summed E-state index contributed by atoms with van der Waals surface area (Å²) in [6.45, 7) is 7.84. The number of amides is 1. The van der Waals surface area contributed by atoms with E-state index in [1.54, 1.807) is 0 Å². The molecule has 21 heavy (non-hydrogen) atoms. The Bertz CT molecular complexity index is 301. The molecule has 1 amide bonds. The maximum Gasteiger partial charge on any atom is 0.308 e. The van der Waals surface area contributed by atoms with Crippen molar-refractivity contribution in [1.29, 1.82) is 0 Å². The summed E-state index contributed by atoms with van der Waals surface area (Å²) in [6.07, 6.45) is 2.38. The Balaban J connectivity index is 3.36. The quantitative estimate of drug-likeness (QED) is 0.443. The topological polar surface area (TPSA) is 76.7 Å². The van der Waals surface area contributed by atoms with Gasteiger partial charge in [-0.1, -0.05) is 0 Å². The minimum Gasteiger partial charge on any atom is -0.460 e. The molecule has 0 unspecified atom stereocenters. The summed E-state index contributed by atoms with van der Waals surface area (Å²) in [5.74, 6) is -0.181.